The summed E-state index contributed by atoms with van der Waals surface area (Å²) in [5, 5.41) is 4.54. The lowest BCUT2D eigenvalue weighted by atomic mass is 10.1. The molecule has 4 heteroatoms. The molecule has 0 atom stereocenters. The molecule has 1 heterocycles. The number of nitrogen functional groups attached to an aromatic ring is 1. The van der Waals surface area contributed by atoms with Crippen molar-refractivity contribution in [2.45, 2.75) is 89.5 Å². The molecule has 1 aliphatic rings. The number of hydrogen-bond acceptors (Lipinski definition) is 3. The highest BCUT2D eigenvalue weighted by atomic mass is 15.3. The van der Waals surface area contributed by atoms with Crippen molar-refractivity contribution in [1.29, 1.82) is 0 Å². The van der Waals surface area contributed by atoms with Crippen molar-refractivity contribution in [1.82, 2.24) is 9.78 Å². The van der Waals surface area contributed by atoms with Gasteiger partial charge in [0.05, 0.1) is 12.2 Å². The van der Waals surface area contributed by atoms with Crippen LogP contribution in [-0.2, 0) is 6.42 Å². The molecule has 0 saturated heterocycles. The molecule has 1 aliphatic carbocycles. The van der Waals surface area contributed by atoms with E-state index in [9.17, 15) is 0 Å². The molecule has 1 saturated carbocycles. The molecule has 0 aromatic carbocycles. The third kappa shape index (κ3) is 5.31. The number of rotatable bonds is 11. The lowest BCUT2D eigenvalue weighted by molar-refractivity contribution is 0.473. The van der Waals surface area contributed by atoms with Gasteiger partial charge in [0.15, 0.2) is 0 Å². The monoisotopic (exact) mass is 306 g/mol. The number of unbranched alkanes of at least 4 members (excludes halogenated alkanes) is 7. The van der Waals surface area contributed by atoms with Crippen LogP contribution in [-0.4, -0.2) is 16.3 Å². The largest absolute Gasteiger partial charge is 0.384 e. The first-order valence-corrected chi connectivity index (χ1v) is 9.35. The third-order valence-corrected chi connectivity index (χ3v) is 4.98. The molecule has 1 aromatic rings. The van der Waals surface area contributed by atoms with E-state index in [-0.39, 0.29) is 0 Å². The van der Waals surface area contributed by atoms with Gasteiger partial charge in [-0.3, -0.25) is 0 Å². The topological polar surface area (TPSA) is 69.9 Å². The Balaban J connectivity index is 1.57. The summed E-state index contributed by atoms with van der Waals surface area (Å²) in [4.78, 5) is 0. The Morgan fingerprint density at radius 1 is 0.955 bits per heavy atom. The number of hydrogen-bond donors (Lipinski definition) is 2. The van der Waals surface area contributed by atoms with Crippen LogP contribution in [0, 0.1) is 0 Å². The highest BCUT2D eigenvalue weighted by Crippen LogP contribution is 2.31. The number of nitrogens with two attached hydrogens (primary N) is 2. The van der Waals surface area contributed by atoms with Crippen LogP contribution in [0.3, 0.4) is 0 Å². The van der Waals surface area contributed by atoms with Gasteiger partial charge in [0.2, 0.25) is 0 Å². The summed E-state index contributed by atoms with van der Waals surface area (Å²) in [5.41, 5.74) is 13.0. The maximum atomic E-state index is 6.28. The van der Waals surface area contributed by atoms with Crippen LogP contribution in [0.1, 0.15) is 88.7 Å². The average molecular weight is 306 g/mol. The fraction of sp³-hybridized carbons (Fsp3) is 0.833. The van der Waals surface area contributed by atoms with Crippen molar-refractivity contribution >= 4 is 5.82 Å². The Labute approximate surface area is 135 Å². The van der Waals surface area contributed by atoms with E-state index in [1.807, 2.05) is 6.20 Å². The Kier molecular flexibility index (Phi) is 7.78. The highest BCUT2D eigenvalue weighted by Gasteiger charge is 2.20. The number of aryl methyl sites for hydroxylation is 1. The molecule has 126 valence electrons. The second kappa shape index (κ2) is 9.88. The quantitative estimate of drug-likeness (QED) is 0.602. The fourth-order valence-corrected chi connectivity index (χ4v) is 3.56. The van der Waals surface area contributed by atoms with Crippen LogP contribution in [0.2, 0.25) is 0 Å². The van der Waals surface area contributed by atoms with Gasteiger partial charge in [0.1, 0.15) is 5.82 Å². The Morgan fingerprint density at radius 2 is 1.55 bits per heavy atom. The van der Waals surface area contributed by atoms with Crippen molar-refractivity contribution in [3.05, 3.63) is 11.8 Å². The Hall–Kier alpha value is -1.03. The minimum Gasteiger partial charge on any atom is -0.384 e. The van der Waals surface area contributed by atoms with Gasteiger partial charge in [-0.15, -0.1) is 0 Å². The first kappa shape index (κ1) is 17.3. The van der Waals surface area contributed by atoms with E-state index in [0.717, 1.165) is 18.8 Å². The molecule has 1 fully saturated rings. The summed E-state index contributed by atoms with van der Waals surface area (Å²) in [6.07, 6.45) is 18.7. The number of nitrogens with zero attached hydrogens (tertiary/aromatic N) is 2. The predicted octanol–water partition coefficient (Wildman–Crippen LogP) is 4.20. The van der Waals surface area contributed by atoms with Crippen molar-refractivity contribution < 1.29 is 0 Å². The number of aromatic nitrogens is 2. The number of anilines is 1. The fourth-order valence-electron chi connectivity index (χ4n) is 3.56. The molecule has 0 aliphatic heterocycles. The van der Waals surface area contributed by atoms with Gasteiger partial charge in [-0.2, -0.15) is 5.10 Å². The maximum absolute atomic E-state index is 6.28. The zero-order chi connectivity index (χ0) is 15.6. The van der Waals surface area contributed by atoms with Crippen LogP contribution in [0.15, 0.2) is 6.20 Å². The molecule has 22 heavy (non-hydrogen) atoms. The van der Waals surface area contributed by atoms with Crippen LogP contribution in [0.25, 0.3) is 0 Å². The maximum Gasteiger partial charge on any atom is 0.125 e. The van der Waals surface area contributed by atoms with Gasteiger partial charge in [0, 0.05) is 5.56 Å². The molecule has 0 amide bonds. The Bertz CT molecular complexity index is 407. The van der Waals surface area contributed by atoms with Gasteiger partial charge in [0.25, 0.3) is 0 Å². The lowest BCUT2D eigenvalue weighted by Gasteiger charge is -2.12. The second-order valence-electron chi connectivity index (χ2n) is 6.81. The van der Waals surface area contributed by atoms with Gasteiger partial charge >= 0.3 is 0 Å². The first-order chi connectivity index (χ1) is 10.8. The van der Waals surface area contributed by atoms with E-state index >= 15 is 0 Å². The van der Waals surface area contributed by atoms with E-state index in [0.29, 0.717) is 6.04 Å². The van der Waals surface area contributed by atoms with Gasteiger partial charge in [-0.1, -0.05) is 51.4 Å². The van der Waals surface area contributed by atoms with E-state index in [1.54, 1.807) is 0 Å². The molecule has 2 rings (SSSR count). The summed E-state index contributed by atoms with van der Waals surface area (Å²) >= 11 is 0. The summed E-state index contributed by atoms with van der Waals surface area (Å²) < 4.78 is 2.08. The van der Waals surface area contributed by atoms with Crippen LogP contribution in [0.4, 0.5) is 5.82 Å². The molecule has 0 bridgehead atoms. The van der Waals surface area contributed by atoms with Crippen molar-refractivity contribution in [3.63, 3.8) is 0 Å². The van der Waals surface area contributed by atoms with Gasteiger partial charge in [-0.25, -0.2) is 4.68 Å². The van der Waals surface area contributed by atoms with E-state index in [2.05, 4.69) is 9.78 Å². The molecular formula is C18H34N4. The highest BCUT2D eigenvalue weighted by molar-refractivity contribution is 5.39. The molecule has 4 nitrogen and oxygen atoms in total. The SMILES string of the molecule is NCCCCCCCCCCc1cnn(C2CCCC2)c1N. The molecule has 0 spiro atoms. The van der Waals surface area contributed by atoms with E-state index < -0.39 is 0 Å². The summed E-state index contributed by atoms with van der Waals surface area (Å²) in [6, 6.07) is 0.558. The molecule has 1 aromatic heterocycles. The minimum absolute atomic E-state index is 0.558. The van der Waals surface area contributed by atoms with Gasteiger partial charge < -0.3 is 11.5 Å². The normalized spacial score (nSPS) is 15.7. The smallest absolute Gasteiger partial charge is 0.125 e. The third-order valence-electron chi connectivity index (χ3n) is 4.98. The Morgan fingerprint density at radius 3 is 2.18 bits per heavy atom. The van der Waals surface area contributed by atoms with Crippen LogP contribution >= 0.6 is 0 Å². The molecular weight excluding hydrogens is 272 g/mol. The zero-order valence-corrected chi connectivity index (χ0v) is 14.1. The van der Waals surface area contributed by atoms with E-state index in [1.165, 1.54) is 82.6 Å². The standard InChI is InChI=1S/C18H34N4/c19-14-10-6-4-2-1-3-5-7-11-16-15-21-22(18(16)20)17-12-8-9-13-17/h15,17H,1-14,19-20H2. The summed E-state index contributed by atoms with van der Waals surface area (Å²) in [6.45, 7) is 0.843. The zero-order valence-electron chi connectivity index (χ0n) is 14.1. The van der Waals surface area contributed by atoms with Gasteiger partial charge in [-0.05, 0) is 38.6 Å². The first-order valence-electron chi connectivity index (χ1n) is 9.35. The predicted molar refractivity (Wildman–Crippen MR) is 93.8 cm³/mol. The summed E-state index contributed by atoms with van der Waals surface area (Å²) in [5.74, 6) is 0.925. The molecule has 0 radical (unpaired) electrons. The van der Waals surface area contributed by atoms with Crippen LogP contribution in [0.5, 0.6) is 0 Å². The lowest BCUT2D eigenvalue weighted by Crippen LogP contribution is -2.10. The minimum atomic E-state index is 0.558. The van der Waals surface area contributed by atoms with Crippen molar-refractivity contribution in [3.8, 4) is 0 Å². The van der Waals surface area contributed by atoms with Crippen molar-refractivity contribution in [2.24, 2.45) is 5.73 Å². The average Bonchev–Trinajstić information content (AvgIpc) is 3.16. The van der Waals surface area contributed by atoms with Crippen LogP contribution < -0.4 is 11.5 Å². The second-order valence-corrected chi connectivity index (χ2v) is 6.81. The summed E-state index contributed by atoms with van der Waals surface area (Å²) in [7, 11) is 0. The van der Waals surface area contributed by atoms with Crippen molar-refractivity contribution in [2.75, 3.05) is 12.3 Å². The van der Waals surface area contributed by atoms with E-state index in [4.69, 9.17) is 11.5 Å². The molecule has 4 N–H and O–H groups in total. The molecule has 0 unspecified atom stereocenters.